The van der Waals surface area contributed by atoms with Crippen molar-refractivity contribution >= 4 is 29.2 Å². The average molecular weight is 431 g/mol. The molecule has 0 saturated heterocycles. The van der Waals surface area contributed by atoms with Gasteiger partial charge in [-0.3, -0.25) is 0 Å². The van der Waals surface area contributed by atoms with E-state index in [0.717, 1.165) is 11.1 Å². The minimum absolute atomic E-state index is 0.498. The number of halogens is 2. The average Bonchev–Trinajstić information content (AvgIpc) is 2.72. The molecule has 6 heteroatoms. The van der Waals surface area contributed by atoms with Crippen LogP contribution in [0.15, 0.2) is 60.7 Å². The van der Waals surface area contributed by atoms with Crippen LogP contribution in [0.4, 0.5) is 0 Å². The highest BCUT2D eigenvalue weighted by molar-refractivity contribution is 6.32. The number of esters is 1. The number of rotatable bonds is 6. The molecule has 0 bridgehead atoms. The molecule has 0 aliphatic rings. The van der Waals surface area contributed by atoms with Crippen molar-refractivity contribution in [3.63, 3.8) is 0 Å². The first-order chi connectivity index (χ1) is 13.9. The summed E-state index contributed by atoms with van der Waals surface area (Å²) >= 11 is 12.1. The van der Waals surface area contributed by atoms with Gasteiger partial charge in [0.25, 0.3) is 0 Å². The first kappa shape index (κ1) is 21.0. The Morgan fingerprint density at radius 2 is 1.34 bits per heavy atom. The number of hydrogen-bond donors (Lipinski definition) is 0. The van der Waals surface area contributed by atoms with Crippen molar-refractivity contribution in [3.8, 4) is 17.2 Å². The zero-order chi connectivity index (χ0) is 21.0. The number of carbonyl (C=O) groups excluding carboxylic acids is 1. The number of hydrogen-bond acceptors (Lipinski definition) is 4. The minimum atomic E-state index is -0.912. The summed E-state index contributed by atoms with van der Waals surface area (Å²) in [6.45, 7) is 3.77. The summed E-state index contributed by atoms with van der Waals surface area (Å²) in [5, 5.41) is 1.31. The van der Waals surface area contributed by atoms with Crippen LogP contribution in [0.3, 0.4) is 0 Å². The molecule has 0 fully saturated rings. The Labute approximate surface area is 179 Å². The quantitative estimate of drug-likeness (QED) is 0.408. The molecule has 1 atom stereocenters. The first-order valence-electron chi connectivity index (χ1n) is 8.92. The Balaban J connectivity index is 1.81. The van der Waals surface area contributed by atoms with E-state index in [2.05, 4.69) is 0 Å². The summed E-state index contributed by atoms with van der Waals surface area (Å²) in [4.78, 5) is 12.3. The van der Waals surface area contributed by atoms with Gasteiger partial charge in [0, 0.05) is 15.6 Å². The SMILES string of the molecule is COC(=O)C(Oc1cc(C)c(Cl)c(C)c1)c1ccc(Oc2ccc(Cl)cc2)cc1. The van der Waals surface area contributed by atoms with Crippen LogP contribution in [0.5, 0.6) is 17.2 Å². The Morgan fingerprint density at radius 3 is 1.86 bits per heavy atom. The number of benzene rings is 3. The molecular formula is C23H20Cl2O4. The van der Waals surface area contributed by atoms with E-state index in [9.17, 15) is 4.79 Å². The van der Waals surface area contributed by atoms with Crippen molar-refractivity contribution in [2.45, 2.75) is 20.0 Å². The minimum Gasteiger partial charge on any atom is -0.474 e. The number of ether oxygens (including phenoxy) is 3. The lowest BCUT2D eigenvalue weighted by Crippen LogP contribution is -2.20. The van der Waals surface area contributed by atoms with Crippen LogP contribution in [-0.2, 0) is 9.53 Å². The van der Waals surface area contributed by atoms with E-state index in [4.69, 9.17) is 37.4 Å². The summed E-state index contributed by atoms with van der Waals surface area (Å²) in [6.07, 6.45) is -0.912. The van der Waals surface area contributed by atoms with E-state index < -0.39 is 12.1 Å². The number of aryl methyl sites for hydroxylation is 2. The molecular weight excluding hydrogens is 411 g/mol. The van der Waals surface area contributed by atoms with Crippen molar-refractivity contribution in [1.82, 2.24) is 0 Å². The highest BCUT2D eigenvalue weighted by Gasteiger charge is 2.24. The molecule has 3 rings (SSSR count). The van der Waals surface area contributed by atoms with E-state index in [-0.39, 0.29) is 0 Å². The van der Waals surface area contributed by atoms with Gasteiger partial charge in [-0.25, -0.2) is 4.79 Å². The predicted octanol–water partition coefficient (Wildman–Crippen LogP) is 6.70. The highest BCUT2D eigenvalue weighted by atomic mass is 35.5. The van der Waals surface area contributed by atoms with E-state index >= 15 is 0 Å². The van der Waals surface area contributed by atoms with Crippen LogP contribution in [0.2, 0.25) is 10.0 Å². The van der Waals surface area contributed by atoms with Crippen molar-refractivity contribution in [2.24, 2.45) is 0 Å². The molecule has 0 spiro atoms. The van der Waals surface area contributed by atoms with Crippen molar-refractivity contribution in [1.29, 1.82) is 0 Å². The summed E-state index contributed by atoms with van der Waals surface area (Å²) in [6, 6.07) is 17.7. The Hall–Kier alpha value is -2.69. The standard InChI is InChI=1S/C23H20Cl2O4/c1-14-12-20(13-15(2)21(14)25)29-22(23(26)27-3)16-4-8-18(9-5-16)28-19-10-6-17(24)7-11-19/h4-13,22H,1-3H3. The summed E-state index contributed by atoms with van der Waals surface area (Å²) in [5.41, 5.74) is 2.39. The summed E-state index contributed by atoms with van der Waals surface area (Å²) in [7, 11) is 1.33. The molecule has 0 aliphatic carbocycles. The second-order valence-electron chi connectivity index (χ2n) is 6.52. The van der Waals surface area contributed by atoms with Crippen LogP contribution in [0, 0.1) is 13.8 Å². The highest BCUT2D eigenvalue weighted by Crippen LogP contribution is 2.31. The largest absolute Gasteiger partial charge is 0.474 e. The normalized spacial score (nSPS) is 11.6. The fourth-order valence-electron chi connectivity index (χ4n) is 2.82. The lowest BCUT2D eigenvalue weighted by molar-refractivity contribution is -0.149. The maximum atomic E-state index is 12.3. The van der Waals surface area contributed by atoms with Crippen LogP contribution in [-0.4, -0.2) is 13.1 Å². The third kappa shape index (κ3) is 5.22. The Kier molecular flexibility index (Phi) is 6.68. The maximum absolute atomic E-state index is 12.3. The molecule has 1 unspecified atom stereocenters. The van der Waals surface area contributed by atoms with Crippen molar-refractivity contribution in [3.05, 3.63) is 87.4 Å². The molecule has 150 valence electrons. The van der Waals surface area contributed by atoms with Crippen LogP contribution >= 0.6 is 23.2 Å². The molecule has 0 heterocycles. The molecule has 3 aromatic carbocycles. The molecule has 0 radical (unpaired) electrons. The third-order valence-corrected chi connectivity index (χ3v) is 5.16. The molecule has 0 aromatic heterocycles. The molecule has 0 saturated carbocycles. The van der Waals surface area contributed by atoms with Gasteiger partial charge >= 0.3 is 5.97 Å². The van der Waals surface area contributed by atoms with Gasteiger partial charge in [0.15, 0.2) is 0 Å². The fraction of sp³-hybridized carbons (Fsp3) is 0.174. The van der Waals surface area contributed by atoms with Gasteiger partial charge in [-0.15, -0.1) is 0 Å². The number of carbonyl (C=O) groups is 1. The van der Waals surface area contributed by atoms with Gasteiger partial charge < -0.3 is 14.2 Å². The van der Waals surface area contributed by atoms with Crippen LogP contribution < -0.4 is 9.47 Å². The van der Waals surface area contributed by atoms with Gasteiger partial charge in [-0.2, -0.15) is 0 Å². The zero-order valence-corrected chi connectivity index (χ0v) is 17.8. The van der Waals surface area contributed by atoms with E-state index in [1.54, 1.807) is 60.7 Å². The topological polar surface area (TPSA) is 44.8 Å². The molecule has 29 heavy (non-hydrogen) atoms. The van der Waals surface area contributed by atoms with Gasteiger partial charge in [-0.1, -0.05) is 35.3 Å². The Morgan fingerprint density at radius 1 is 0.828 bits per heavy atom. The molecule has 3 aromatic rings. The van der Waals surface area contributed by atoms with Gasteiger partial charge in [0.1, 0.15) is 17.2 Å². The lowest BCUT2D eigenvalue weighted by Gasteiger charge is -2.19. The maximum Gasteiger partial charge on any atom is 0.351 e. The molecule has 4 nitrogen and oxygen atoms in total. The second kappa shape index (κ2) is 9.21. The molecule has 0 N–H and O–H groups in total. The Bertz CT molecular complexity index is 975. The van der Waals surface area contributed by atoms with Crippen molar-refractivity contribution < 1.29 is 19.0 Å². The second-order valence-corrected chi connectivity index (χ2v) is 7.33. The van der Waals surface area contributed by atoms with Gasteiger partial charge in [-0.05, 0) is 73.5 Å². The lowest BCUT2D eigenvalue weighted by atomic mass is 10.1. The summed E-state index contributed by atoms with van der Waals surface area (Å²) in [5.74, 6) is 1.33. The van der Waals surface area contributed by atoms with Crippen LogP contribution in [0.25, 0.3) is 0 Å². The smallest absolute Gasteiger partial charge is 0.351 e. The molecule has 0 aliphatic heterocycles. The first-order valence-corrected chi connectivity index (χ1v) is 9.67. The van der Waals surface area contributed by atoms with E-state index in [0.29, 0.717) is 32.9 Å². The van der Waals surface area contributed by atoms with Gasteiger partial charge in [0.2, 0.25) is 6.10 Å². The monoisotopic (exact) mass is 430 g/mol. The van der Waals surface area contributed by atoms with Crippen molar-refractivity contribution in [2.75, 3.05) is 7.11 Å². The fourth-order valence-corrected chi connectivity index (χ4v) is 3.05. The zero-order valence-electron chi connectivity index (χ0n) is 16.2. The third-order valence-electron chi connectivity index (χ3n) is 4.31. The van der Waals surface area contributed by atoms with E-state index in [1.807, 2.05) is 13.8 Å². The number of methoxy groups -OCH3 is 1. The molecule has 0 amide bonds. The predicted molar refractivity (Wildman–Crippen MR) is 114 cm³/mol. The van der Waals surface area contributed by atoms with Gasteiger partial charge in [0.05, 0.1) is 7.11 Å². The van der Waals surface area contributed by atoms with E-state index in [1.165, 1.54) is 7.11 Å². The van der Waals surface area contributed by atoms with Crippen LogP contribution in [0.1, 0.15) is 22.8 Å². The summed E-state index contributed by atoms with van der Waals surface area (Å²) < 4.78 is 16.7.